The lowest BCUT2D eigenvalue weighted by atomic mass is 9.91. The van der Waals surface area contributed by atoms with Gasteiger partial charge in [-0.3, -0.25) is 0 Å². The Morgan fingerprint density at radius 2 is 1.36 bits per heavy atom. The fourth-order valence-electron chi connectivity index (χ4n) is 3.07. The minimum Gasteiger partial charge on any atom is -0.392 e. The summed E-state index contributed by atoms with van der Waals surface area (Å²) in [5, 5.41) is 8.90. The van der Waals surface area contributed by atoms with E-state index in [1.807, 2.05) is 6.08 Å². The van der Waals surface area contributed by atoms with Gasteiger partial charge in [-0.1, -0.05) is 84.3 Å². The Labute approximate surface area is 139 Å². The Kier molecular flexibility index (Phi) is 14.0. The quantitative estimate of drug-likeness (QED) is 0.427. The summed E-state index contributed by atoms with van der Waals surface area (Å²) >= 11 is 0. The molecule has 22 heavy (non-hydrogen) atoms. The molecule has 0 aliphatic carbocycles. The highest BCUT2D eigenvalue weighted by Crippen LogP contribution is 2.21. The van der Waals surface area contributed by atoms with Crippen LogP contribution < -0.4 is 5.73 Å². The highest BCUT2D eigenvalue weighted by Gasteiger charge is 2.07. The molecule has 2 heteroatoms. The maximum Gasteiger partial charge on any atom is 0.0615 e. The predicted octanol–water partition coefficient (Wildman–Crippen LogP) is 5.30. The largest absolute Gasteiger partial charge is 0.392 e. The van der Waals surface area contributed by atoms with E-state index in [-0.39, 0.29) is 6.61 Å². The van der Waals surface area contributed by atoms with Crippen molar-refractivity contribution < 1.29 is 5.11 Å². The van der Waals surface area contributed by atoms with Crippen LogP contribution in [-0.4, -0.2) is 18.3 Å². The first-order valence-electron chi connectivity index (χ1n) is 9.48. The van der Waals surface area contributed by atoms with Gasteiger partial charge in [0, 0.05) is 6.54 Å². The van der Waals surface area contributed by atoms with E-state index in [0.717, 1.165) is 24.2 Å². The molecule has 0 spiro atoms. The van der Waals surface area contributed by atoms with E-state index in [2.05, 4.69) is 27.7 Å². The molecule has 3 N–H and O–H groups in total. The molecule has 0 aromatic heterocycles. The van der Waals surface area contributed by atoms with Crippen molar-refractivity contribution in [3.05, 3.63) is 11.6 Å². The number of nitrogens with two attached hydrogens (primary N) is 1. The summed E-state index contributed by atoms with van der Waals surface area (Å²) in [5.74, 6) is 2.56. The van der Waals surface area contributed by atoms with Gasteiger partial charge in [0.2, 0.25) is 0 Å². The van der Waals surface area contributed by atoms with E-state index >= 15 is 0 Å². The van der Waals surface area contributed by atoms with Gasteiger partial charge in [-0.15, -0.1) is 0 Å². The molecular weight excluding hydrogens is 270 g/mol. The molecule has 0 heterocycles. The highest BCUT2D eigenvalue weighted by molar-refractivity contribution is 5.03. The van der Waals surface area contributed by atoms with Gasteiger partial charge in [-0.05, 0) is 30.6 Å². The molecule has 2 unspecified atom stereocenters. The summed E-state index contributed by atoms with van der Waals surface area (Å²) < 4.78 is 0. The fourth-order valence-corrected chi connectivity index (χ4v) is 3.07. The average Bonchev–Trinajstić information content (AvgIpc) is 2.46. The molecule has 0 fully saturated rings. The zero-order valence-electron chi connectivity index (χ0n) is 15.6. The third-order valence-electron chi connectivity index (χ3n) is 4.71. The molecule has 0 aromatic rings. The van der Waals surface area contributed by atoms with Crippen molar-refractivity contribution in [3.8, 4) is 0 Å². The van der Waals surface area contributed by atoms with Crippen LogP contribution in [0.4, 0.5) is 0 Å². The lowest BCUT2D eigenvalue weighted by Gasteiger charge is -2.15. The molecule has 0 aromatic carbocycles. The number of aliphatic hydroxyl groups is 1. The first kappa shape index (κ1) is 21.7. The lowest BCUT2D eigenvalue weighted by Crippen LogP contribution is -2.05. The van der Waals surface area contributed by atoms with Crippen molar-refractivity contribution in [2.24, 2.45) is 23.5 Å². The third-order valence-corrected chi connectivity index (χ3v) is 4.71. The number of rotatable bonds is 14. The standard InChI is InChI=1S/C20H41NO/c1-17(2)8-5-9-18(3)10-6-11-19(4)12-7-13-20(16-21)14-15-22/h14,17-19,22H,5-13,15-16,21H2,1-4H3. The SMILES string of the molecule is CC(C)CCCC(C)CCCC(C)CCCC(=CCO)CN. The van der Waals surface area contributed by atoms with Crippen LogP contribution in [-0.2, 0) is 0 Å². The zero-order chi connectivity index (χ0) is 16.8. The molecule has 132 valence electrons. The minimum absolute atomic E-state index is 0.122. The summed E-state index contributed by atoms with van der Waals surface area (Å²) in [6.07, 6.45) is 13.7. The van der Waals surface area contributed by atoms with Crippen molar-refractivity contribution in [3.63, 3.8) is 0 Å². The van der Waals surface area contributed by atoms with Gasteiger partial charge in [-0.2, -0.15) is 0 Å². The Hall–Kier alpha value is -0.340. The number of aliphatic hydroxyl groups excluding tert-OH is 1. The molecule has 0 aliphatic heterocycles. The van der Waals surface area contributed by atoms with Gasteiger partial charge in [0.05, 0.1) is 6.61 Å². The normalized spacial score (nSPS) is 15.3. The van der Waals surface area contributed by atoms with Crippen molar-refractivity contribution in [2.75, 3.05) is 13.2 Å². The van der Waals surface area contributed by atoms with Crippen LogP contribution in [0.5, 0.6) is 0 Å². The van der Waals surface area contributed by atoms with E-state index < -0.39 is 0 Å². The van der Waals surface area contributed by atoms with Gasteiger partial charge in [0.25, 0.3) is 0 Å². The maximum atomic E-state index is 8.90. The second-order valence-corrected chi connectivity index (χ2v) is 7.61. The average molecular weight is 312 g/mol. The van der Waals surface area contributed by atoms with E-state index in [1.165, 1.54) is 56.9 Å². The minimum atomic E-state index is 0.122. The Bertz CT molecular complexity index is 273. The van der Waals surface area contributed by atoms with Crippen molar-refractivity contribution >= 4 is 0 Å². The first-order valence-corrected chi connectivity index (χ1v) is 9.48. The van der Waals surface area contributed by atoms with E-state index in [1.54, 1.807) is 0 Å². The van der Waals surface area contributed by atoms with E-state index in [0.29, 0.717) is 6.54 Å². The van der Waals surface area contributed by atoms with Crippen LogP contribution in [0.15, 0.2) is 11.6 Å². The molecule has 0 amide bonds. The summed E-state index contributed by atoms with van der Waals surface area (Å²) in [5.41, 5.74) is 6.87. The van der Waals surface area contributed by atoms with Gasteiger partial charge >= 0.3 is 0 Å². The molecule has 0 aliphatic rings. The van der Waals surface area contributed by atoms with Gasteiger partial charge < -0.3 is 10.8 Å². The van der Waals surface area contributed by atoms with Crippen LogP contribution >= 0.6 is 0 Å². The van der Waals surface area contributed by atoms with Crippen LogP contribution in [0, 0.1) is 17.8 Å². The molecule has 0 saturated carbocycles. The highest BCUT2D eigenvalue weighted by atomic mass is 16.2. The molecule has 2 nitrogen and oxygen atoms in total. The second kappa shape index (κ2) is 14.3. The molecule has 0 bridgehead atoms. The van der Waals surface area contributed by atoms with E-state index in [9.17, 15) is 0 Å². The Morgan fingerprint density at radius 3 is 1.82 bits per heavy atom. The summed E-state index contributed by atoms with van der Waals surface area (Å²) in [4.78, 5) is 0. The second-order valence-electron chi connectivity index (χ2n) is 7.61. The number of hydrogen-bond donors (Lipinski definition) is 2. The summed E-state index contributed by atoms with van der Waals surface area (Å²) in [7, 11) is 0. The van der Waals surface area contributed by atoms with Gasteiger partial charge in [0.15, 0.2) is 0 Å². The number of hydrogen-bond acceptors (Lipinski definition) is 2. The summed E-state index contributed by atoms with van der Waals surface area (Å²) in [6.45, 7) is 10.1. The topological polar surface area (TPSA) is 46.2 Å². The molecule has 0 radical (unpaired) electrons. The monoisotopic (exact) mass is 311 g/mol. The summed E-state index contributed by atoms with van der Waals surface area (Å²) in [6, 6.07) is 0. The lowest BCUT2D eigenvalue weighted by molar-refractivity contribution is 0.341. The van der Waals surface area contributed by atoms with Crippen LogP contribution in [0.2, 0.25) is 0 Å². The molecule has 2 atom stereocenters. The maximum absolute atomic E-state index is 8.90. The predicted molar refractivity (Wildman–Crippen MR) is 98.9 cm³/mol. The smallest absolute Gasteiger partial charge is 0.0615 e. The van der Waals surface area contributed by atoms with E-state index in [4.69, 9.17) is 10.8 Å². The van der Waals surface area contributed by atoms with Crippen LogP contribution in [0.3, 0.4) is 0 Å². The zero-order valence-corrected chi connectivity index (χ0v) is 15.6. The van der Waals surface area contributed by atoms with Crippen molar-refractivity contribution in [2.45, 2.75) is 85.5 Å². The van der Waals surface area contributed by atoms with Crippen molar-refractivity contribution in [1.82, 2.24) is 0 Å². The molecular formula is C20H41NO. The Morgan fingerprint density at radius 1 is 0.864 bits per heavy atom. The van der Waals surface area contributed by atoms with Crippen LogP contribution in [0.25, 0.3) is 0 Å². The fraction of sp³-hybridized carbons (Fsp3) is 0.900. The van der Waals surface area contributed by atoms with Crippen LogP contribution in [0.1, 0.15) is 85.5 Å². The Balaban J connectivity index is 3.60. The molecule has 0 rings (SSSR count). The van der Waals surface area contributed by atoms with Gasteiger partial charge in [-0.25, -0.2) is 0 Å². The molecule has 0 saturated heterocycles. The first-order chi connectivity index (χ1) is 10.5. The third kappa shape index (κ3) is 13.3. The van der Waals surface area contributed by atoms with Crippen molar-refractivity contribution in [1.29, 1.82) is 0 Å². The van der Waals surface area contributed by atoms with Gasteiger partial charge in [0.1, 0.15) is 0 Å².